The van der Waals surface area contributed by atoms with Gasteiger partial charge in [0.05, 0.1) is 23.3 Å². The molecular weight excluding hydrogens is 383 g/mol. The third-order valence-corrected chi connectivity index (χ3v) is 4.96. The molecule has 0 saturated carbocycles. The van der Waals surface area contributed by atoms with Crippen molar-refractivity contribution in [2.24, 2.45) is 0 Å². The normalized spacial score (nSPS) is 16.5. The van der Waals surface area contributed by atoms with Crippen LogP contribution in [-0.4, -0.2) is 17.3 Å². The van der Waals surface area contributed by atoms with Crippen LogP contribution in [0.3, 0.4) is 0 Å². The van der Waals surface area contributed by atoms with Gasteiger partial charge in [-0.2, -0.15) is 13.2 Å². The first-order chi connectivity index (χ1) is 12.3. The highest BCUT2D eigenvalue weighted by Gasteiger charge is 2.35. The quantitative estimate of drug-likeness (QED) is 0.533. The second-order valence-corrected chi connectivity index (χ2v) is 6.98. The number of nitrogens with zero attached hydrogens (tertiary/aromatic N) is 1. The largest absolute Gasteiger partial charge is 0.495 e. The molecule has 1 saturated heterocycles. The molecule has 0 atom stereocenters. The zero-order valence-corrected chi connectivity index (χ0v) is 15.0. The first-order valence-corrected chi connectivity index (χ1v) is 8.62. The zero-order chi connectivity index (χ0) is 18.9. The van der Waals surface area contributed by atoms with Gasteiger partial charge < -0.3 is 4.74 Å². The number of thioether (sulfide) groups is 1. The summed E-state index contributed by atoms with van der Waals surface area (Å²) in [6.07, 6.45) is -2.87. The van der Waals surface area contributed by atoms with Gasteiger partial charge in [0.2, 0.25) is 0 Å². The van der Waals surface area contributed by atoms with Crippen LogP contribution in [-0.2, 0) is 11.0 Å². The molecule has 0 aromatic heterocycles. The number of methoxy groups -OCH3 is 1. The number of ether oxygens (including phenoxy) is 1. The van der Waals surface area contributed by atoms with E-state index in [-0.39, 0.29) is 5.91 Å². The lowest BCUT2D eigenvalue weighted by atomic mass is 10.1. The Hall–Kier alpha value is -2.32. The third kappa shape index (κ3) is 3.61. The summed E-state index contributed by atoms with van der Waals surface area (Å²) in [4.78, 5) is 14.4. The number of amides is 1. The van der Waals surface area contributed by atoms with Gasteiger partial charge in [0.15, 0.2) is 4.32 Å². The van der Waals surface area contributed by atoms with Gasteiger partial charge >= 0.3 is 6.18 Å². The third-order valence-electron chi connectivity index (χ3n) is 3.66. The van der Waals surface area contributed by atoms with E-state index in [0.717, 1.165) is 23.9 Å². The van der Waals surface area contributed by atoms with Gasteiger partial charge in [-0.1, -0.05) is 48.2 Å². The summed E-state index contributed by atoms with van der Waals surface area (Å²) in [6, 6.07) is 11.6. The highest BCUT2D eigenvalue weighted by atomic mass is 32.2. The van der Waals surface area contributed by atoms with Gasteiger partial charge in [-0.15, -0.1) is 0 Å². The van der Waals surface area contributed by atoms with E-state index in [2.05, 4.69) is 0 Å². The molecule has 0 radical (unpaired) electrons. The Morgan fingerprint density at radius 3 is 2.38 bits per heavy atom. The van der Waals surface area contributed by atoms with Crippen molar-refractivity contribution < 1.29 is 22.7 Å². The lowest BCUT2D eigenvalue weighted by Gasteiger charge is -2.17. The first-order valence-electron chi connectivity index (χ1n) is 7.39. The van der Waals surface area contributed by atoms with Crippen molar-refractivity contribution in [2.75, 3.05) is 12.0 Å². The predicted octanol–water partition coefficient (Wildman–Crippen LogP) is 5.12. The number of carbonyl (C=O) groups excluding carboxylic acids is 1. The van der Waals surface area contributed by atoms with Crippen molar-refractivity contribution in [3.05, 3.63) is 64.6 Å². The fraction of sp³-hybridized carbons (Fsp3) is 0.111. The van der Waals surface area contributed by atoms with Gasteiger partial charge in [0, 0.05) is 0 Å². The van der Waals surface area contributed by atoms with Crippen LogP contribution in [0.2, 0.25) is 0 Å². The summed E-state index contributed by atoms with van der Waals surface area (Å²) in [5.41, 5.74) is 0.267. The number of rotatable bonds is 3. The predicted molar refractivity (Wildman–Crippen MR) is 100 cm³/mol. The zero-order valence-electron chi connectivity index (χ0n) is 13.4. The molecule has 0 bridgehead atoms. The molecule has 0 spiro atoms. The number of benzene rings is 2. The van der Waals surface area contributed by atoms with Crippen molar-refractivity contribution in [1.29, 1.82) is 0 Å². The van der Waals surface area contributed by atoms with Gasteiger partial charge in [-0.25, -0.2) is 0 Å². The van der Waals surface area contributed by atoms with Crippen LogP contribution in [0.1, 0.15) is 11.1 Å². The molecule has 134 valence electrons. The number of hydrogen-bond donors (Lipinski definition) is 0. The molecular formula is C18H12F3NO2S2. The minimum atomic E-state index is -4.40. The molecule has 3 rings (SSSR count). The Morgan fingerprint density at radius 1 is 1.12 bits per heavy atom. The SMILES string of the molecule is COc1ccccc1N1C(=O)/C(=C/c2ccc(C(F)(F)F)cc2)SC1=S. The van der Waals surface area contributed by atoms with E-state index in [0.29, 0.717) is 26.2 Å². The number of para-hydroxylation sites is 2. The molecule has 2 aromatic carbocycles. The van der Waals surface area contributed by atoms with Crippen molar-refractivity contribution in [1.82, 2.24) is 0 Å². The molecule has 1 fully saturated rings. The van der Waals surface area contributed by atoms with Gasteiger partial charge in [-0.05, 0) is 35.9 Å². The van der Waals surface area contributed by atoms with E-state index in [1.54, 1.807) is 24.3 Å². The molecule has 0 N–H and O–H groups in total. The molecule has 1 aliphatic rings. The van der Waals surface area contributed by atoms with Gasteiger partial charge in [0.1, 0.15) is 5.75 Å². The highest BCUT2D eigenvalue weighted by molar-refractivity contribution is 8.27. The summed E-state index contributed by atoms with van der Waals surface area (Å²) >= 11 is 6.38. The van der Waals surface area contributed by atoms with Crippen molar-refractivity contribution in [3.8, 4) is 5.75 Å². The average Bonchev–Trinajstić information content (AvgIpc) is 2.88. The molecule has 0 aliphatic carbocycles. The van der Waals surface area contributed by atoms with Crippen LogP contribution >= 0.6 is 24.0 Å². The monoisotopic (exact) mass is 395 g/mol. The summed E-state index contributed by atoms with van der Waals surface area (Å²) < 4.78 is 43.5. The van der Waals surface area contributed by atoms with Crippen molar-refractivity contribution in [3.63, 3.8) is 0 Å². The van der Waals surface area contributed by atoms with Crippen LogP contribution in [0.5, 0.6) is 5.75 Å². The lowest BCUT2D eigenvalue weighted by molar-refractivity contribution is -0.137. The van der Waals surface area contributed by atoms with Crippen LogP contribution in [0.15, 0.2) is 53.4 Å². The van der Waals surface area contributed by atoms with Crippen molar-refractivity contribution in [2.45, 2.75) is 6.18 Å². The molecule has 1 amide bonds. The summed E-state index contributed by atoms with van der Waals surface area (Å²) in [5.74, 6) is 0.156. The standard InChI is InChI=1S/C18H12F3NO2S2/c1-24-14-5-3-2-4-13(14)22-16(23)15(26-17(22)25)10-11-6-8-12(9-7-11)18(19,20)21/h2-10H,1H3/b15-10-. The topological polar surface area (TPSA) is 29.5 Å². The van der Waals surface area contributed by atoms with E-state index in [1.165, 1.54) is 30.2 Å². The van der Waals surface area contributed by atoms with E-state index in [9.17, 15) is 18.0 Å². The lowest BCUT2D eigenvalue weighted by Crippen LogP contribution is -2.27. The summed E-state index contributed by atoms with van der Waals surface area (Å²) in [7, 11) is 1.49. The second-order valence-electron chi connectivity index (χ2n) is 5.31. The molecule has 0 unspecified atom stereocenters. The summed E-state index contributed by atoms with van der Waals surface area (Å²) in [5, 5.41) is 0. The first kappa shape index (κ1) is 18.5. The Labute approximate surface area is 157 Å². The van der Waals surface area contributed by atoms with Crippen LogP contribution in [0, 0.1) is 0 Å². The highest BCUT2D eigenvalue weighted by Crippen LogP contribution is 2.39. The number of halogens is 3. The van der Waals surface area contributed by atoms with Crippen molar-refractivity contribution >= 4 is 46.0 Å². The maximum atomic E-state index is 12.7. The molecule has 1 heterocycles. The maximum absolute atomic E-state index is 12.7. The van der Waals surface area contributed by atoms with Gasteiger partial charge in [0.25, 0.3) is 5.91 Å². The number of thiocarbonyl (C=S) groups is 1. The van der Waals surface area contributed by atoms with E-state index >= 15 is 0 Å². The second kappa shape index (κ2) is 7.13. The number of alkyl halides is 3. The van der Waals surface area contributed by atoms with Crippen LogP contribution in [0.4, 0.5) is 18.9 Å². The molecule has 3 nitrogen and oxygen atoms in total. The average molecular weight is 395 g/mol. The van der Waals surface area contributed by atoms with Crippen LogP contribution in [0.25, 0.3) is 6.08 Å². The minimum Gasteiger partial charge on any atom is -0.495 e. The Bertz CT molecular complexity index is 892. The van der Waals surface area contributed by atoms with Crippen LogP contribution < -0.4 is 9.64 Å². The minimum absolute atomic E-state index is 0.331. The Kier molecular flexibility index (Phi) is 5.06. The van der Waals surface area contributed by atoms with E-state index in [1.807, 2.05) is 0 Å². The number of hydrogen-bond acceptors (Lipinski definition) is 4. The Morgan fingerprint density at radius 2 is 1.77 bits per heavy atom. The maximum Gasteiger partial charge on any atom is 0.416 e. The van der Waals surface area contributed by atoms with E-state index in [4.69, 9.17) is 17.0 Å². The molecule has 2 aromatic rings. The fourth-order valence-electron chi connectivity index (χ4n) is 2.41. The number of anilines is 1. The smallest absolute Gasteiger partial charge is 0.416 e. The molecule has 1 aliphatic heterocycles. The van der Waals surface area contributed by atoms with Gasteiger partial charge in [-0.3, -0.25) is 9.69 Å². The fourth-order valence-corrected chi connectivity index (χ4v) is 3.69. The van der Waals surface area contributed by atoms with E-state index < -0.39 is 11.7 Å². The molecule has 8 heteroatoms. The number of carbonyl (C=O) groups is 1. The summed E-state index contributed by atoms with van der Waals surface area (Å²) in [6.45, 7) is 0. The molecule has 26 heavy (non-hydrogen) atoms. The Balaban J connectivity index is 1.90.